The highest BCUT2D eigenvalue weighted by Crippen LogP contribution is 2.17. The minimum Gasteiger partial charge on any atom is -0.478 e. The van der Waals surface area contributed by atoms with Gasteiger partial charge in [-0.05, 0) is 24.6 Å². The average molecular weight is 284 g/mol. The smallest absolute Gasteiger partial charge is 0.332 e. The van der Waals surface area contributed by atoms with Crippen molar-refractivity contribution in [1.82, 2.24) is 5.32 Å². The van der Waals surface area contributed by atoms with Crippen LogP contribution in [0.1, 0.15) is 18.5 Å². The molecule has 2 N–H and O–H groups in total. The molecule has 1 rings (SSSR count). The summed E-state index contributed by atoms with van der Waals surface area (Å²) in [5.74, 6) is -0.964. The molecule has 3 nitrogen and oxygen atoms in total. The predicted octanol–water partition coefficient (Wildman–Crippen LogP) is 2.74. The first-order chi connectivity index (χ1) is 7.50. The molecule has 0 amide bonds. The van der Waals surface area contributed by atoms with E-state index in [1.165, 1.54) is 0 Å². The first-order valence-electron chi connectivity index (χ1n) is 4.90. The molecule has 16 heavy (non-hydrogen) atoms. The molecule has 0 fully saturated rings. The van der Waals surface area contributed by atoms with E-state index < -0.39 is 5.97 Å². The zero-order valence-corrected chi connectivity index (χ0v) is 10.6. The molecule has 1 unspecified atom stereocenters. The van der Waals surface area contributed by atoms with E-state index in [-0.39, 0.29) is 18.2 Å². The Morgan fingerprint density at radius 1 is 1.62 bits per heavy atom. The van der Waals surface area contributed by atoms with Crippen LogP contribution in [0.3, 0.4) is 0 Å². The Balaban J connectivity index is 2.56. The molecule has 1 aromatic rings. The van der Waals surface area contributed by atoms with Gasteiger partial charge in [0.1, 0.15) is 0 Å². The van der Waals surface area contributed by atoms with Crippen LogP contribution in [0.5, 0.6) is 0 Å². The van der Waals surface area contributed by atoms with Gasteiger partial charge in [0.15, 0.2) is 0 Å². The Bertz CT molecular complexity index is 404. The number of hydrogen-bond donors (Lipinski definition) is 2. The van der Waals surface area contributed by atoms with Crippen molar-refractivity contribution in [3.8, 4) is 0 Å². The van der Waals surface area contributed by atoms with Crippen molar-refractivity contribution in [1.29, 1.82) is 0 Å². The van der Waals surface area contributed by atoms with Crippen LogP contribution >= 0.6 is 15.9 Å². The summed E-state index contributed by atoms with van der Waals surface area (Å²) in [6, 6.07) is 7.98. The van der Waals surface area contributed by atoms with E-state index >= 15 is 0 Å². The number of carboxylic acids is 1. The van der Waals surface area contributed by atoms with E-state index in [9.17, 15) is 4.79 Å². The lowest BCUT2D eigenvalue weighted by Crippen LogP contribution is -2.23. The predicted molar refractivity (Wildman–Crippen MR) is 67.3 cm³/mol. The van der Waals surface area contributed by atoms with Gasteiger partial charge in [0.2, 0.25) is 0 Å². The van der Waals surface area contributed by atoms with Gasteiger partial charge < -0.3 is 10.4 Å². The Kier molecular flexibility index (Phi) is 4.71. The molecule has 1 atom stereocenters. The maximum atomic E-state index is 10.6. The minimum absolute atomic E-state index is 0.0913. The number of nitrogens with one attached hydrogen (secondary N) is 1. The normalized spacial score (nSPS) is 12.1. The Labute approximate surface area is 103 Å². The number of aliphatic carboxylic acids is 1. The standard InChI is InChI=1S/C12H14BrNO2/c1-8(12(15)16)7-14-9(2)10-4-3-5-11(13)6-10/h3-6,9,14H,1,7H2,2H3,(H,15,16). The van der Waals surface area contributed by atoms with Crippen LogP contribution in [0.2, 0.25) is 0 Å². The molecular weight excluding hydrogens is 270 g/mol. The maximum Gasteiger partial charge on any atom is 0.332 e. The molecule has 1 aromatic carbocycles. The van der Waals surface area contributed by atoms with Gasteiger partial charge in [-0.2, -0.15) is 0 Å². The minimum atomic E-state index is -0.964. The fourth-order valence-corrected chi connectivity index (χ4v) is 1.66. The molecule has 0 aliphatic heterocycles. The second-order valence-electron chi connectivity index (χ2n) is 3.57. The summed E-state index contributed by atoms with van der Waals surface area (Å²) in [6.45, 7) is 5.73. The molecular formula is C12H14BrNO2. The molecule has 0 heterocycles. The Morgan fingerprint density at radius 2 is 2.31 bits per heavy atom. The average Bonchev–Trinajstić information content (AvgIpc) is 2.25. The quantitative estimate of drug-likeness (QED) is 0.817. The molecule has 4 heteroatoms. The van der Waals surface area contributed by atoms with Gasteiger partial charge in [-0.3, -0.25) is 0 Å². The number of hydrogen-bond acceptors (Lipinski definition) is 2. The van der Waals surface area contributed by atoms with Gasteiger partial charge in [-0.15, -0.1) is 0 Å². The van der Waals surface area contributed by atoms with Crippen molar-refractivity contribution in [2.45, 2.75) is 13.0 Å². The second-order valence-corrected chi connectivity index (χ2v) is 4.48. The highest BCUT2D eigenvalue weighted by Gasteiger charge is 2.08. The molecule has 0 radical (unpaired) electrons. The fourth-order valence-electron chi connectivity index (χ4n) is 1.25. The SMILES string of the molecule is C=C(CNC(C)c1cccc(Br)c1)C(=O)O. The second kappa shape index (κ2) is 5.82. The van der Waals surface area contributed by atoms with Crippen LogP contribution in [-0.4, -0.2) is 17.6 Å². The monoisotopic (exact) mass is 283 g/mol. The Morgan fingerprint density at radius 3 is 2.88 bits per heavy atom. The third-order valence-electron chi connectivity index (χ3n) is 2.27. The van der Waals surface area contributed by atoms with Crippen molar-refractivity contribution in [3.05, 3.63) is 46.5 Å². The summed E-state index contributed by atoms with van der Waals surface area (Å²) in [6.07, 6.45) is 0. The summed E-state index contributed by atoms with van der Waals surface area (Å²) < 4.78 is 1.01. The van der Waals surface area contributed by atoms with Crippen LogP contribution in [0.25, 0.3) is 0 Å². The van der Waals surface area contributed by atoms with E-state index in [0.717, 1.165) is 10.0 Å². The van der Waals surface area contributed by atoms with E-state index in [0.29, 0.717) is 0 Å². The number of carboxylic acid groups (broad SMARTS) is 1. The van der Waals surface area contributed by atoms with Crippen LogP contribution < -0.4 is 5.32 Å². The highest BCUT2D eigenvalue weighted by atomic mass is 79.9. The van der Waals surface area contributed by atoms with E-state index in [4.69, 9.17) is 5.11 Å². The number of benzene rings is 1. The fraction of sp³-hybridized carbons (Fsp3) is 0.250. The van der Waals surface area contributed by atoms with Gasteiger partial charge in [-0.1, -0.05) is 34.6 Å². The third-order valence-corrected chi connectivity index (χ3v) is 2.77. The van der Waals surface area contributed by atoms with Crippen molar-refractivity contribution >= 4 is 21.9 Å². The number of rotatable bonds is 5. The summed E-state index contributed by atoms with van der Waals surface area (Å²) in [5.41, 5.74) is 1.27. The lowest BCUT2D eigenvalue weighted by Gasteiger charge is -2.14. The van der Waals surface area contributed by atoms with Crippen molar-refractivity contribution in [2.24, 2.45) is 0 Å². The van der Waals surface area contributed by atoms with Gasteiger partial charge in [0.05, 0.1) is 0 Å². The van der Waals surface area contributed by atoms with E-state index in [1.54, 1.807) is 0 Å². The summed E-state index contributed by atoms with van der Waals surface area (Å²) in [5, 5.41) is 11.8. The van der Waals surface area contributed by atoms with Crippen LogP contribution in [-0.2, 0) is 4.79 Å². The lowest BCUT2D eigenvalue weighted by molar-refractivity contribution is -0.132. The highest BCUT2D eigenvalue weighted by molar-refractivity contribution is 9.10. The summed E-state index contributed by atoms with van der Waals surface area (Å²) >= 11 is 3.39. The molecule has 86 valence electrons. The van der Waals surface area contributed by atoms with Crippen molar-refractivity contribution < 1.29 is 9.90 Å². The Hall–Kier alpha value is -1.13. The number of carbonyl (C=O) groups is 1. The zero-order valence-electron chi connectivity index (χ0n) is 9.03. The molecule has 0 spiro atoms. The molecule has 0 saturated carbocycles. The van der Waals surface area contributed by atoms with E-state index in [1.807, 2.05) is 31.2 Å². The van der Waals surface area contributed by atoms with Crippen LogP contribution in [0, 0.1) is 0 Å². The third kappa shape index (κ3) is 3.79. The summed E-state index contributed by atoms with van der Waals surface area (Å²) in [4.78, 5) is 10.6. The molecule has 0 aliphatic rings. The van der Waals surface area contributed by atoms with Gasteiger partial charge in [0.25, 0.3) is 0 Å². The topological polar surface area (TPSA) is 49.3 Å². The first-order valence-corrected chi connectivity index (χ1v) is 5.70. The van der Waals surface area contributed by atoms with Gasteiger partial charge in [0, 0.05) is 22.6 Å². The zero-order chi connectivity index (χ0) is 12.1. The summed E-state index contributed by atoms with van der Waals surface area (Å²) in [7, 11) is 0. The molecule has 0 aromatic heterocycles. The van der Waals surface area contributed by atoms with E-state index in [2.05, 4.69) is 27.8 Å². The first kappa shape index (κ1) is 12.9. The lowest BCUT2D eigenvalue weighted by atomic mass is 10.1. The molecule has 0 saturated heterocycles. The maximum absolute atomic E-state index is 10.6. The van der Waals surface area contributed by atoms with Crippen molar-refractivity contribution in [2.75, 3.05) is 6.54 Å². The van der Waals surface area contributed by atoms with Gasteiger partial charge in [-0.25, -0.2) is 4.79 Å². The number of halogens is 1. The largest absolute Gasteiger partial charge is 0.478 e. The van der Waals surface area contributed by atoms with Crippen LogP contribution in [0.15, 0.2) is 40.9 Å². The van der Waals surface area contributed by atoms with Crippen molar-refractivity contribution in [3.63, 3.8) is 0 Å². The van der Waals surface area contributed by atoms with Gasteiger partial charge >= 0.3 is 5.97 Å². The molecule has 0 aliphatic carbocycles. The molecule has 0 bridgehead atoms. The van der Waals surface area contributed by atoms with Crippen LogP contribution in [0.4, 0.5) is 0 Å².